The van der Waals surface area contributed by atoms with E-state index in [0.717, 1.165) is 23.2 Å². The molecule has 3 N–H and O–H groups in total. The number of hydrogen-bond donors (Lipinski definition) is 3. The Labute approximate surface area is 286 Å². The number of nitrogens with zero attached hydrogens (tertiary/aromatic N) is 1. The number of carbonyl (C=O) groups is 3. The van der Waals surface area contributed by atoms with E-state index >= 15 is 0 Å². The summed E-state index contributed by atoms with van der Waals surface area (Å²) in [5, 5.41) is 9.39. The summed E-state index contributed by atoms with van der Waals surface area (Å²) >= 11 is 0. The summed E-state index contributed by atoms with van der Waals surface area (Å²) in [6, 6.07) is 36.1. The second-order valence-electron chi connectivity index (χ2n) is 11.8. The van der Waals surface area contributed by atoms with Crippen LogP contribution in [0.1, 0.15) is 43.6 Å². The fraction of sp³-hybridized carbons (Fsp3) is 0.125. The average Bonchev–Trinajstić information content (AvgIpc) is 3.46. The van der Waals surface area contributed by atoms with E-state index in [4.69, 9.17) is 0 Å². The number of carbonyl (C=O) groups excluding carboxylic acids is 3. The van der Waals surface area contributed by atoms with Crippen LogP contribution in [0.25, 0.3) is 22.0 Å². The number of fused-ring (bicyclic) bond motifs is 1. The molecule has 252 valence electrons. The van der Waals surface area contributed by atoms with Gasteiger partial charge in [-0.1, -0.05) is 91.0 Å². The molecule has 5 aromatic carbocycles. The molecule has 6 aromatic rings. The van der Waals surface area contributed by atoms with Crippen molar-refractivity contribution in [2.45, 2.75) is 18.6 Å². The van der Waals surface area contributed by atoms with Gasteiger partial charge < -0.3 is 20.5 Å². The molecule has 0 fully saturated rings. The second-order valence-corrected chi connectivity index (χ2v) is 11.8. The zero-order valence-corrected chi connectivity index (χ0v) is 27.0. The molecule has 7 nitrogen and oxygen atoms in total. The van der Waals surface area contributed by atoms with Gasteiger partial charge in [-0.3, -0.25) is 14.4 Å². The molecule has 0 aliphatic heterocycles. The van der Waals surface area contributed by atoms with Crippen LogP contribution in [-0.2, 0) is 24.4 Å². The number of amides is 3. The third kappa shape index (κ3) is 7.60. The van der Waals surface area contributed by atoms with E-state index in [1.807, 2.05) is 36.4 Å². The van der Waals surface area contributed by atoms with Crippen molar-refractivity contribution < 1.29 is 27.6 Å². The lowest BCUT2D eigenvalue weighted by atomic mass is 9.98. The standard InChI is InChI=1S/C40H33F3N4O3/c1-47-34-21-20-31(45-37(48)33-15-9-8-14-32(33)27-16-18-30(19-17-27)40(41,42)43)24-29(34)25-35(47)38(49)46-36(28-12-6-3-7-13-28)39(50)44-23-22-26-10-4-2-5-11-26/h2-21,24-25,36H,22-23H2,1H3,(H,44,50)(H,45,48)(H,46,49)/t36-/m0/s1. The van der Waals surface area contributed by atoms with Gasteiger partial charge in [0.05, 0.1) is 5.56 Å². The topological polar surface area (TPSA) is 92.2 Å². The third-order valence-corrected chi connectivity index (χ3v) is 8.45. The highest BCUT2D eigenvalue weighted by Crippen LogP contribution is 2.32. The summed E-state index contributed by atoms with van der Waals surface area (Å²) in [6.07, 6.45) is -3.82. The molecule has 0 saturated heterocycles. The molecule has 1 heterocycles. The first-order valence-electron chi connectivity index (χ1n) is 15.9. The van der Waals surface area contributed by atoms with E-state index in [1.54, 1.807) is 84.4 Å². The molecule has 50 heavy (non-hydrogen) atoms. The molecule has 1 aromatic heterocycles. The van der Waals surface area contributed by atoms with Crippen molar-refractivity contribution in [2.24, 2.45) is 7.05 Å². The highest BCUT2D eigenvalue weighted by Gasteiger charge is 2.30. The first-order valence-corrected chi connectivity index (χ1v) is 15.9. The first-order chi connectivity index (χ1) is 24.1. The molecule has 0 radical (unpaired) electrons. The van der Waals surface area contributed by atoms with Gasteiger partial charge in [0, 0.05) is 35.7 Å². The fourth-order valence-corrected chi connectivity index (χ4v) is 5.84. The molecule has 0 aliphatic rings. The van der Waals surface area contributed by atoms with Crippen LogP contribution in [0.4, 0.5) is 18.9 Å². The van der Waals surface area contributed by atoms with Crippen LogP contribution < -0.4 is 16.0 Å². The fourth-order valence-electron chi connectivity index (χ4n) is 5.84. The predicted octanol–water partition coefficient (Wildman–Crippen LogP) is 7.95. The smallest absolute Gasteiger partial charge is 0.354 e. The van der Waals surface area contributed by atoms with Gasteiger partial charge in [-0.05, 0) is 71.1 Å². The van der Waals surface area contributed by atoms with E-state index in [1.165, 1.54) is 12.1 Å². The molecular weight excluding hydrogens is 641 g/mol. The minimum absolute atomic E-state index is 0.287. The van der Waals surface area contributed by atoms with Crippen LogP contribution >= 0.6 is 0 Å². The Hall–Kier alpha value is -6.16. The van der Waals surface area contributed by atoms with Gasteiger partial charge >= 0.3 is 6.18 Å². The Kier molecular flexibility index (Phi) is 9.80. The number of rotatable bonds is 10. The summed E-state index contributed by atoms with van der Waals surface area (Å²) in [6.45, 7) is 0.402. The zero-order chi connectivity index (χ0) is 35.3. The number of nitrogens with one attached hydrogen (secondary N) is 3. The van der Waals surface area contributed by atoms with Crippen molar-refractivity contribution in [1.29, 1.82) is 0 Å². The molecule has 0 saturated carbocycles. The molecule has 0 aliphatic carbocycles. The normalized spacial score (nSPS) is 11.9. The van der Waals surface area contributed by atoms with Crippen molar-refractivity contribution in [1.82, 2.24) is 15.2 Å². The maximum Gasteiger partial charge on any atom is 0.416 e. The quantitative estimate of drug-likeness (QED) is 0.138. The number of benzene rings is 5. The molecule has 6 rings (SSSR count). The largest absolute Gasteiger partial charge is 0.416 e. The third-order valence-electron chi connectivity index (χ3n) is 8.45. The van der Waals surface area contributed by atoms with Crippen molar-refractivity contribution in [2.75, 3.05) is 11.9 Å². The number of aryl methyl sites for hydroxylation is 1. The molecule has 0 unspecified atom stereocenters. The van der Waals surface area contributed by atoms with Crippen LogP contribution in [0.2, 0.25) is 0 Å². The van der Waals surface area contributed by atoms with Gasteiger partial charge in [-0.15, -0.1) is 0 Å². The highest BCUT2D eigenvalue weighted by molar-refractivity contribution is 6.09. The summed E-state index contributed by atoms with van der Waals surface area (Å²) in [4.78, 5) is 40.5. The van der Waals surface area contributed by atoms with Crippen molar-refractivity contribution in [3.05, 3.63) is 161 Å². The van der Waals surface area contributed by atoms with Crippen LogP contribution in [0.3, 0.4) is 0 Å². The first kappa shape index (κ1) is 33.7. The molecular formula is C40H33F3N4O3. The van der Waals surface area contributed by atoms with Crippen LogP contribution in [0.15, 0.2) is 133 Å². The number of halogens is 3. The van der Waals surface area contributed by atoms with E-state index in [9.17, 15) is 27.6 Å². The Morgan fingerprint density at radius 1 is 0.740 bits per heavy atom. The molecule has 10 heteroatoms. The lowest BCUT2D eigenvalue weighted by molar-refractivity contribution is -0.137. The van der Waals surface area contributed by atoms with Crippen LogP contribution in [-0.4, -0.2) is 28.8 Å². The number of alkyl halides is 3. The minimum Gasteiger partial charge on any atom is -0.354 e. The summed E-state index contributed by atoms with van der Waals surface area (Å²) in [5.41, 5.74) is 3.69. The summed E-state index contributed by atoms with van der Waals surface area (Å²) in [5.74, 6) is -1.23. The Bertz CT molecular complexity index is 2140. The monoisotopic (exact) mass is 674 g/mol. The van der Waals surface area contributed by atoms with Gasteiger partial charge in [0.15, 0.2) is 0 Å². The summed E-state index contributed by atoms with van der Waals surface area (Å²) in [7, 11) is 1.74. The molecule has 0 spiro atoms. The maximum atomic E-state index is 13.7. The second kappa shape index (κ2) is 14.5. The predicted molar refractivity (Wildman–Crippen MR) is 188 cm³/mol. The molecule has 3 amide bonds. The van der Waals surface area contributed by atoms with Gasteiger partial charge in [0.2, 0.25) is 5.91 Å². The zero-order valence-electron chi connectivity index (χ0n) is 27.0. The van der Waals surface area contributed by atoms with E-state index in [0.29, 0.717) is 46.4 Å². The average molecular weight is 675 g/mol. The minimum atomic E-state index is -4.47. The van der Waals surface area contributed by atoms with Gasteiger partial charge in [0.25, 0.3) is 11.8 Å². The van der Waals surface area contributed by atoms with Gasteiger partial charge in [-0.2, -0.15) is 13.2 Å². The Morgan fingerprint density at radius 3 is 2.10 bits per heavy atom. The van der Waals surface area contributed by atoms with Crippen molar-refractivity contribution in [3.63, 3.8) is 0 Å². The Balaban J connectivity index is 1.19. The lowest BCUT2D eigenvalue weighted by Crippen LogP contribution is -2.41. The van der Waals surface area contributed by atoms with Crippen LogP contribution in [0, 0.1) is 0 Å². The summed E-state index contributed by atoms with van der Waals surface area (Å²) < 4.78 is 41.0. The number of anilines is 1. The van der Waals surface area contributed by atoms with E-state index in [-0.39, 0.29) is 11.5 Å². The van der Waals surface area contributed by atoms with E-state index < -0.39 is 29.6 Å². The van der Waals surface area contributed by atoms with Gasteiger partial charge in [0.1, 0.15) is 11.7 Å². The molecule has 1 atom stereocenters. The van der Waals surface area contributed by atoms with Crippen molar-refractivity contribution >= 4 is 34.3 Å². The van der Waals surface area contributed by atoms with Crippen LogP contribution in [0.5, 0.6) is 0 Å². The molecule has 0 bridgehead atoms. The van der Waals surface area contributed by atoms with Gasteiger partial charge in [-0.25, -0.2) is 0 Å². The lowest BCUT2D eigenvalue weighted by Gasteiger charge is -2.19. The number of hydrogen-bond acceptors (Lipinski definition) is 3. The Morgan fingerprint density at radius 2 is 1.40 bits per heavy atom. The number of aromatic nitrogens is 1. The van der Waals surface area contributed by atoms with E-state index in [2.05, 4.69) is 16.0 Å². The van der Waals surface area contributed by atoms with Crippen molar-refractivity contribution in [3.8, 4) is 11.1 Å². The highest BCUT2D eigenvalue weighted by atomic mass is 19.4. The SMILES string of the molecule is Cn1c(C(=O)N[C@H](C(=O)NCCc2ccccc2)c2ccccc2)cc2cc(NC(=O)c3ccccc3-c3ccc(C(F)(F)F)cc3)ccc21. The maximum absolute atomic E-state index is 13.7.